The Labute approximate surface area is 138 Å². The van der Waals surface area contributed by atoms with E-state index in [0.717, 1.165) is 12.1 Å². The Hall–Kier alpha value is -0.990. The van der Waals surface area contributed by atoms with Crippen LogP contribution in [0.15, 0.2) is 21.4 Å². The highest BCUT2D eigenvalue weighted by Gasteiger charge is 2.52. The average molecular weight is 314 g/mol. The molecule has 2 bridgehead atoms. The van der Waals surface area contributed by atoms with Crippen molar-refractivity contribution in [3.63, 3.8) is 0 Å². The lowest BCUT2D eigenvalue weighted by Gasteiger charge is -2.55. The SMILES string of the molecule is CC1=C(F)CC1CC12CCC(C3=NC(C4CC4)=NC3)(CC1)CC2. The summed E-state index contributed by atoms with van der Waals surface area (Å²) < 4.78 is 13.4. The molecule has 0 aromatic heterocycles. The van der Waals surface area contributed by atoms with Crippen molar-refractivity contribution in [1.29, 1.82) is 0 Å². The molecule has 4 fully saturated rings. The van der Waals surface area contributed by atoms with Crippen molar-refractivity contribution in [2.24, 2.45) is 32.7 Å². The van der Waals surface area contributed by atoms with E-state index >= 15 is 0 Å². The maximum Gasteiger partial charge on any atom is 0.126 e. The van der Waals surface area contributed by atoms with Gasteiger partial charge in [-0.1, -0.05) is 0 Å². The predicted octanol–water partition coefficient (Wildman–Crippen LogP) is 5.24. The van der Waals surface area contributed by atoms with Gasteiger partial charge in [-0.2, -0.15) is 0 Å². The Morgan fingerprint density at radius 3 is 2.35 bits per heavy atom. The number of fused-ring (bicyclic) bond motifs is 3. The summed E-state index contributed by atoms with van der Waals surface area (Å²) in [7, 11) is 0. The Kier molecular flexibility index (Phi) is 2.98. The molecule has 6 rings (SSSR count). The Morgan fingerprint density at radius 1 is 1.09 bits per heavy atom. The van der Waals surface area contributed by atoms with Crippen molar-refractivity contribution < 1.29 is 4.39 Å². The van der Waals surface area contributed by atoms with Crippen LogP contribution in [0, 0.1) is 22.7 Å². The average Bonchev–Trinajstić information content (AvgIpc) is 3.32. The molecule has 0 saturated heterocycles. The van der Waals surface area contributed by atoms with Gasteiger partial charge in [0.05, 0.1) is 12.4 Å². The van der Waals surface area contributed by atoms with Gasteiger partial charge in [0.1, 0.15) is 5.84 Å². The fourth-order valence-corrected chi connectivity index (χ4v) is 5.58. The van der Waals surface area contributed by atoms with E-state index in [2.05, 4.69) is 0 Å². The quantitative estimate of drug-likeness (QED) is 0.677. The third-order valence-corrected chi connectivity index (χ3v) is 7.74. The van der Waals surface area contributed by atoms with E-state index in [0.29, 0.717) is 29.1 Å². The van der Waals surface area contributed by atoms with Crippen molar-refractivity contribution in [2.45, 2.75) is 71.1 Å². The van der Waals surface area contributed by atoms with Crippen LogP contribution in [-0.2, 0) is 0 Å². The van der Waals surface area contributed by atoms with Gasteiger partial charge in [-0.3, -0.25) is 4.99 Å². The smallest absolute Gasteiger partial charge is 0.126 e. The van der Waals surface area contributed by atoms with Crippen LogP contribution in [0.5, 0.6) is 0 Å². The summed E-state index contributed by atoms with van der Waals surface area (Å²) in [6.45, 7) is 2.88. The molecule has 0 radical (unpaired) electrons. The number of nitrogens with zero attached hydrogens (tertiary/aromatic N) is 2. The monoisotopic (exact) mass is 314 g/mol. The molecular formula is C20H27FN2. The first-order valence-corrected chi connectivity index (χ1v) is 9.57. The number of hydrogen-bond acceptors (Lipinski definition) is 2. The third-order valence-electron chi connectivity index (χ3n) is 7.74. The van der Waals surface area contributed by atoms with Gasteiger partial charge in [-0.05, 0) is 81.6 Å². The number of allylic oxidation sites excluding steroid dienone is 2. The normalized spacial score (nSPS) is 42.6. The Bertz CT molecular complexity index is 613. The molecule has 0 aromatic rings. The van der Waals surface area contributed by atoms with Gasteiger partial charge in [-0.15, -0.1) is 0 Å². The standard InChI is InChI=1S/C20H27FN2/c1-13-15(10-16(13)21)11-19-4-7-20(8-5-19,9-6-19)17-12-22-18(23-17)14-2-3-14/h14-15H,2-12H2,1H3. The fraction of sp³-hybridized carbons (Fsp3) is 0.800. The zero-order valence-electron chi connectivity index (χ0n) is 14.2. The second-order valence-electron chi connectivity index (χ2n) is 8.98. The zero-order chi connectivity index (χ0) is 15.7. The molecule has 23 heavy (non-hydrogen) atoms. The van der Waals surface area contributed by atoms with Gasteiger partial charge >= 0.3 is 0 Å². The molecule has 3 heteroatoms. The van der Waals surface area contributed by atoms with Crippen LogP contribution in [0.3, 0.4) is 0 Å². The molecule has 1 unspecified atom stereocenters. The number of aliphatic imine (C=N–C) groups is 2. The van der Waals surface area contributed by atoms with Crippen LogP contribution in [0.25, 0.3) is 0 Å². The first-order chi connectivity index (χ1) is 11.1. The predicted molar refractivity (Wildman–Crippen MR) is 91.6 cm³/mol. The maximum absolute atomic E-state index is 13.4. The van der Waals surface area contributed by atoms with Crippen LogP contribution in [-0.4, -0.2) is 18.1 Å². The van der Waals surface area contributed by atoms with Crippen LogP contribution >= 0.6 is 0 Å². The Morgan fingerprint density at radius 2 is 1.78 bits per heavy atom. The second-order valence-corrected chi connectivity index (χ2v) is 8.98. The minimum atomic E-state index is 0.164. The third kappa shape index (κ3) is 2.18. The van der Waals surface area contributed by atoms with Gasteiger partial charge in [-0.25, -0.2) is 9.38 Å². The second kappa shape index (κ2) is 4.77. The summed E-state index contributed by atoms with van der Waals surface area (Å²) in [5.41, 5.74) is 3.34. The molecule has 1 heterocycles. The molecule has 0 N–H and O–H groups in total. The number of amidine groups is 1. The van der Waals surface area contributed by atoms with E-state index in [4.69, 9.17) is 9.98 Å². The van der Waals surface area contributed by atoms with E-state index in [1.807, 2.05) is 6.92 Å². The van der Waals surface area contributed by atoms with Gasteiger partial charge in [0.2, 0.25) is 0 Å². The summed E-state index contributed by atoms with van der Waals surface area (Å²) in [6.07, 6.45) is 12.4. The molecule has 2 nitrogen and oxygen atoms in total. The van der Waals surface area contributed by atoms with E-state index < -0.39 is 0 Å². The lowest BCUT2D eigenvalue weighted by Crippen LogP contribution is -2.47. The summed E-state index contributed by atoms with van der Waals surface area (Å²) in [6, 6.07) is 0. The van der Waals surface area contributed by atoms with E-state index in [1.165, 1.54) is 69.3 Å². The summed E-state index contributed by atoms with van der Waals surface area (Å²) >= 11 is 0. The van der Waals surface area contributed by atoms with Crippen LogP contribution < -0.4 is 0 Å². The van der Waals surface area contributed by atoms with Crippen molar-refractivity contribution in [3.8, 4) is 0 Å². The molecule has 0 spiro atoms. The lowest BCUT2D eigenvalue weighted by molar-refractivity contribution is 0.0129. The molecule has 6 aliphatic rings. The number of hydrogen-bond donors (Lipinski definition) is 0. The first-order valence-electron chi connectivity index (χ1n) is 9.57. The van der Waals surface area contributed by atoms with E-state index in [-0.39, 0.29) is 5.83 Å². The van der Waals surface area contributed by atoms with Crippen LogP contribution in [0.4, 0.5) is 4.39 Å². The number of halogens is 1. The van der Waals surface area contributed by atoms with Crippen molar-refractivity contribution in [2.75, 3.05) is 6.54 Å². The van der Waals surface area contributed by atoms with Crippen LogP contribution in [0.1, 0.15) is 71.1 Å². The van der Waals surface area contributed by atoms with Gasteiger partial charge in [0, 0.05) is 23.5 Å². The summed E-state index contributed by atoms with van der Waals surface area (Å²) in [5, 5.41) is 0. The highest BCUT2D eigenvalue weighted by Crippen LogP contribution is 2.61. The highest BCUT2D eigenvalue weighted by atomic mass is 19.1. The first kappa shape index (κ1) is 14.4. The molecule has 124 valence electrons. The number of rotatable bonds is 4. The molecular weight excluding hydrogens is 287 g/mol. The zero-order valence-corrected chi connectivity index (χ0v) is 14.2. The minimum Gasteiger partial charge on any atom is -0.264 e. The minimum absolute atomic E-state index is 0.164. The van der Waals surface area contributed by atoms with Crippen molar-refractivity contribution >= 4 is 11.5 Å². The molecule has 0 amide bonds. The van der Waals surface area contributed by atoms with Gasteiger partial charge in [0.15, 0.2) is 0 Å². The van der Waals surface area contributed by atoms with Gasteiger partial charge < -0.3 is 0 Å². The maximum atomic E-state index is 13.4. The molecule has 0 aromatic carbocycles. The highest BCUT2D eigenvalue weighted by molar-refractivity contribution is 6.08. The molecule has 1 aliphatic heterocycles. The lowest BCUT2D eigenvalue weighted by atomic mass is 9.50. The fourth-order valence-electron chi connectivity index (χ4n) is 5.58. The summed E-state index contributed by atoms with van der Waals surface area (Å²) in [4.78, 5) is 9.72. The topological polar surface area (TPSA) is 24.7 Å². The van der Waals surface area contributed by atoms with E-state index in [9.17, 15) is 4.39 Å². The van der Waals surface area contributed by atoms with Gasteiger partial charge in [0.25, 0.3) is 0 Å². The molecule has 5 aliphatic carbocycles. The van der Waals surface area contributed by atoms with Crippen LogP contribution in [0.2, 0.25) is 0 Å². The molecule has 4 saturated carbocycles. The van der Waals surface area contributed by atoms with Crippen molar-refractivity contribution in [1.82, 2.24) is 0 Å². The molecule has 1 atom stereocenters. The van der Waals surface area contributed by atoms with E-state index in [1.54, 1.807) is 0 Å². The largest absolute Gasteiger partial charge is 0.264 e. The van der Waals surface area contributed by atoms with Crippen molar-refractivity contribution in [3.05, 3.63) is 11.4 Å². The summed E-state index contributed by atoms with van der Waals surface area (Å²) in [5.74, 6) is 2.56. The Balaban J connectivity index is 1.28.